The maximum Gasteiger partial charge on any atom is 0.102 e. The van der Waals surface area contributed by atoms with Crippen molar-refractivity contribution in [3.8, 4) is 0 Å². The van der Waals surface area contributed by atoms with Gasteiger partial charge in [-0.15, -0.1) is 0 Å². The summed E-state index contributed by atoms with van der Waals surface area (Å²) in [5, 5.41) is 0. The summed E-state index contributed by atoms with van der Waals surface area (Å²) >= 11 is 0. The lowest BCUT2D eigenvalue weighted by molar-refractivity contribution is 0.242. The van der Waals surface area contributed by atoms with Crippen LogP contribution in [-0.2, 0) is 0 Å². The lowest BCUT2D eigenvalue weighted by Crippen LogP contribution is -2.34. The molecule has 0 saturated heterocycles. The highest BCUT2D eigenvalue weighted by Crippen LogP contribution is 2.14. The second-order valence-electron chi connectivity index (χ2n) is 6.76. The van der Waals surface area contributed by atoms with E-state index in [2.05, 4.69) is 29.0 Å². The predicted molar refractivity (Wildman–Crippen MR) is 103 cm³/mol. The van der Waals surface area contributed by atoms with Crippen molar-refractivity contribution in [2.75, 3.05) is 19.6 Å². The molecule has 1 aliphatic heterocycles. The second kappa shape index (κ2) is 14.9. The number of hydrogen-bond acceptors (Lipinski definition) is 3. The molecule has 0 aliphatic carbocycles. The van der Waals surface area contributed by atoms with Gasteiger partial charge in [0, 0.05) is 25.8 Å². The molecule has 0 saturated carbocycles. The Balaban J connectivity index is 1.86. The largest absolute Gasteiger partial charge is 0.329 e. The Hall–Kier alpha value is -0.670. The molecule has 0 aromatic heterocycles. The minimum Gasteiger partial charge on any atom is -0.329 e. The highest BCUT2D eigenvalue weighted by atomic mass is 15.3. The molecule has 0 bridgehead atoms. The third kappa shape index (κ3) is 10.7. The average Bonchev–Trinajstić information content (AvgIpc) is 2.99. The Morgan fingerprint density at radius 3 is 2.35 bits per heavy atom. The predicted octanol–water partition coefficient (Wildman–Crippen LogP) is 4.91. The van der Waals surface area contributed by atoms with Gasteiger partial charge in [0.25, 0.3) is 0 Å². The van der Waals surface area contributed by atoms with Crippen molar-refractivity contribution >= 4 is 6.21 Å². The molecule has 0 aromatic rings. The monoisotopic (exact) mass is 321 g/mol. The fourth-order valence-corrected chi connectivity index (χ4v) is 3.20. The Morgan fingerprint density at radius 2 is 1.65 bits per heavy atom. The molecule has 0 aromatic carbocycles. The van der Waals surface area contributed by atoms with E-state index in [4.69, 9.17) is 5.73 Å². The molecule has 134 valence electrons. The zero-order valence-electron chi connectivity index (χ0n) is 15.4. The minimum atomic E-state index is 0.398. The van der Waals surface area contributed by atoms with Crippen molar-refractivity contribution < 1.29 is 0 Å². The number of hydrogen-bond donors (Lipinski definition) is 1. The van der Waals surface area contributed by atoms with E-state index in [-0.39, 0.29) is 0 Å². The molecule has 0 fully saturated rings. The van der Waals surface area contributed by atoms with Gasteiger partial charge in [0.2, 0.25) is 0 Å². The summed E-state index contributed by atoms with van der Waals surface area (Å²) < 4.78 is 0. The summed E-state index contributed by atoms with van der Waals surface area (Å²) in [6, 6.07) is 0. The summed E-state index contributed by atoms with van der Waals surface area (Å²) in [4.78, 5) is 6.94. The van der Waals surface area contributed by atoms with Crippen LogP contribution in [0.5, 0.6) is 0 Å². The maximum atomic E-state index is 5.64. The van der Waals surface area contributed by atoms with E-state index in [1.165, 1.54) is 77.0 Å². The van der Waals surface area contributed by atoms with Crippen molar-refractivity contribution in [3.05, 3.63) is 12.2 Å². The first-order chi connectivity index (χ1) is 11.4. The van der Waals surface area contributed by atoms with E-state index in [0.717, 1.165) is 19.6 Å². The molecule has 0 radical (unpaired) electrons. The first kappa shape index (κ1) is 20.4. The van der Waals surface area contributed by atoms with Crippen molar-refractivity contribution in [1.29, 1.82) is 0 Å². The van der Waals surface area contributed by atoms with Crippen LogP contribution in [0.1, 0.15) is 84.0 Å². The number of nitrogens with two attached hydrogens (primary N) is 1. The van der Waals surface area contributed by atoms with Crippen molar-refractivity contribution in [2.45, 2.75) is 90.1 Å². The fraction of sp³-hybridized carbons (Fsp3) is 0.850. The molecule has 3 nitrogen and oxygen atoms in total. The molecule has 1 heterocycles. The SMILES string of the molecule is CCCCCCCCC/C=C/CCCCC1N=CCN1CCN. The summed E-state index contributed by atoms with van der Waals surface area (Å²) in [6.45, 7) is 4.98. The van der Waals surface area contributed by atoms with Crippen LogP contribution in [0.4, 0.5) is 0 Å². The van der Waals surface area contributed by atoms with Crippen LogP contribution in [0.3, 0.4) is 0 Å². The molecule has 0 spiro atoms. The molecule has 1 rings (SSSR count). The van der Waals surface area contributed by atoms with E-state index in [1.807, 2.05) is 6.21 Å². The van der Waals surface area contributed by atoms with Crippen LogP contribution >= 0.6 is 0 Å². The molecule has 23 heavy (non-hydrogen) atoms. The number of nitrogens with zero attached hydrogens (tertiary/aromatic N) is 2. The van der Waals surface area contributed by atoms with Gasteiger partial charge in [-0.25, -0.2) is 0 Å². The lowest BCUT2D eigenvalue weighted by Gasteiger charge is -2.21. The summed E-state index contributed by atoms with van der Waals surface area (Å²) in [6.07, 6.45) is 23.3. The quantitative estimate of drug-likeness (QED) is 0.344. The van der Waals surface area contributed by atoms with Crippen LogP contribution in [0.2, 0.25) is 0 Å². The smallest absolute Gasteiger partial charge is 0.102 e. The van der Waals surface area contributed by atoms with Gasteiger partial charge in [-0.2, -0.15) is 0 Å². The van der Waals surface area contributed by atoms with Gasteiger partial charge in [-0.05, 0) is 38.5 Å². The van der Waals surface area contributed by atoms with Crippen LogP contribution in [0.25, 0.3) is 0 Å². The first-order valence-electron chi connectivity index (χ1n) is 9.99. The lowest BCUT2D eigenvalue weighted by atomic mass is 10.1. The Morgan fingerprint density at radius 1 is 1.00 bits per heavy atom. The van der Waals surface area contributed by atoms with E-state index in [0.29, 0.717) is 6.17 Å². The highest BCUT2D eigenvalue weighted by Gasteiger charge is 2.18. The van der Waals surface area contributed by atoms with Gasteiger partial charge >= 0.3 is 0 Å². The van der Waals surface area contributed by atoms with Gasteiger partial charge in [0.1, 0.15) is 6.17 Å². The highest BCUT2D eigenvalue weighted by molar-refractivity contribution is 5.62. The Kier molecular flexibility index (Phi) is 13.2. The summed E-state index contributed by atoms with van der Waals surface area (Å²) in [5.74, 6) is 0. The van der Waals surface area contributed by atoms with Gasteiger partial charge in [0.15, 0.2) is 0 Å². The van der Waals surface area contributed by atoms with E-state index in [9.17, 15) is 0 Å². The number of unbranched alkanes of at least 4 members (excludes halogenated alkanes) is 9. The average molecular weight is 322 g/mol. The van der Waals surface area contributed by atoms with Crippen molar-refractivity contribution in [2.24, 2.45) is 10.7 Å². The molecular weight excluding hydrogens is 282 g/mol. The molecule has 1 atom stereocenters. The second-order valence-corrected chi connectivity index (χ2v) is 6.76. The standard InChI is InChI=1S/C20H39N3/c1-2-3-4-5-6-7-8-9-10-11-12-13-14-15-20-22-17-19-23(20)18-16-21/h10-11,17,20H,2-9,12-16,18-19,21H2,1H3/b11-10+. The Bertz CT molecular complexity index is 312. The van der Waals surface area contributed by atoms with Gasteiger partial charge in [-0.1, -0.05) is 57.6 Å². The number of rotatable bonds is 15. The summed E-state index contributed by atoms with van der Waals surface area (Å²) in [5.41, 5.74) is 5.64. The zero-order valence-corrected chi connectivity index (χ0v) is 15.4. The third-order valence-corrected chi connectivity index (χ3v) is 4.66. The van der Waals surface area contributed by atoms with Gasteiger partial charge < -0.3 is 5.73 Å². The van der Waals surface area contributed by atoms with Gasteiger partial charge in [0.05, 0.1) is 0 Å². The topological polar surface area (TPSA) is 41.6 Å². The molecule has 1 aliphatic rings. The van der Waals surface area contributed by atoms with Crippen LogP contribution in [-0.4, -0.2) is 36.9 Å². The first-order valence-corrected chi connectivity index (χ1v) is 9.99. The maximum absolute atomic E-state index is 5.64. The normalized spacial score (nSPS) is 18.4. The van der Waals surface area contributed by atoms with Crippen molar-refractivity contribution in [1.82, 2.24) is 4.90 Å². The molecular formula is C20H39N3. The molecule has 0 amide bonds. The molecule has 3 heteroatoms. The molecule has 2 N–H and O–H groups in total. The number of aliphatic imine (C=N–C) groups is 1. The van der Waals surface area contributed by atoms with Crippen LogP contribution in [0.15, 0.2) is 17.1 Å². The fourth-order valence-electron chi connectivity index (χ4n) is 3.20. The Labute approximate surface area is 144 Å². The summed E-state index contributed by atoms with van der Waals surface area (Å²) in [7, 11) is 0. The van der Waals surface area contributed by atoms with E-state index < -0.39 is 0 Å². The van der Waals surface area contributed by atoms with E-state index in [1.54, 1.807) is 0 Å². The third-order valence-electron chi connectivity index (χ3n) is 4.66. The van der Waals surface area contributed by atoms with Crippen molar-refractivity contribution in [3.63, 3.8) is 0 Å². The molecule has 1 unspecified atom stereocenters. The van der Waals surface area contributed by atoms with E-state index >= 15 is 0 Å². The number of allylic oxidation sites excluding steroid dienone is 2. The van der Waals surface area contributed by atoms with Gasteiger partial charge in [-0.3, -0.25) is 9.89 Å². The zero-order chi connectivity index (χ0) is 16.6. The van der Waals surface area contributed by atoms with Crippen LogP contribution in [0, 0.1) is 0 Å². The van der Waals surface area contributed by atoms with Crippen LogP contribution < -0.4 is 5.73 Å². The minimum absolute atomic E-state index is 0.398.